The van der Waals surface area contributed by atoms with Gasteiger partial charge in [0.2, 0.25) is 0 Å². The third kappa shape index (κ3) is 6.37. The number of rotatable bonds is 9. The van der Waals surface area contributed by atoms with Crippen LogP contribution in [-0.4, -0.2) is 23.5 Å². The number of carbonyl (C=O) groups excluding carboxylic acids is 1. The highest BCUT2D eigenvalue weighted by atomic mass is 19.4. The Labute approximate surface area is 195 Å². The lowest BCUT2D eigenvalue weighted by Gasteiger charge is -2.21. The maximum Gasteiger partial charge on any atom is 0.417 e. The number of alkyl halides is 3. The van der Waals surface area contributed by atoms with E-state index >= 15 is 0 Å². The fourth-order valence-electron chi connectivity index (χ4n) is 3.49. The van der Waals surface area contributed by atoms with E-state index in [1.54, 1.807) is 48.5 Å². The second kappa shape index (κ2) is 10.9. The molecule has 178 valence electrons. The molecule has 0 aliphatic heterocycles. The Balaban J connectivity index is 1.79. The topological polar surface area (TPSA) is 75.6 Å². The molecular weight excluding hydrogens is 447 g/mol. The average molecular weight is 471 g/mol. The summed E-state index contributed by atoms with van der Waals surface area (Å²) in [5.41, 5.74) is 0.562. The van der Waals surface area contributed by atoms with Gasteiger partial charge in [-0.2, -0.15) is 13.2 Å². The van der Waals surface area contributed by atoms with Gasteiger partial charge in [-0.25, -0.2) is 0 Å². The molecule has 0 aliphatic carbocycles. The van der Waals surface area contributed by atoms with Gasteiger partial charge >= 0.3 is 12.1 Å². The Kier molecular flexibility index (Phi) is 7.94. The summed E-state index contributed by atoms with van der Waals surface area (Å²) < 4.78 is 47.5. The largest absolute Gasteiger partial charge is 0.486 e. The van der Waals surface area contributed by atoms with Crippen molar-refractivity contribution < 1.29 is 32.6 Å². The fourth-order valence-corrected chi connectivity index (χ4v) is 3.49. The Morgan fingerprint density at radius 2 is 1.68 bits per heavy atom. The molecule has 8 heteroatoms. The number of nitrogens with one attached hydrogen (secondary N) is 1. The molecule has 0 fully saturated rings. The Morgan fingerprint density at radius 1 is 1.00 bits per heavy atom. The molecule has 0 heterocycles. The van der Waals surface area contributed by atoms with E-state index in [0.29, 0.717) is 28.9 Å². The van der Waals surface area contributed by atoms with Crippen LogP contribution in [-0.2, 0) is 11.0 Å². The van der Waals surface area contributed by atoms with Crippen LogP contribution >= 0.6 is 0 Å². The molecule has 34 heavy (non-hydrogen) atoms. The SMILES string of the molecule is CCC(Oc1ccc(C(=O)NCCC(=O)O)cc1)c1ccc(-c2ccccc2)c(C(F)(F)F)c1. The summed E-state index contributed by atoms with van der Waals surface area (Å²) in [4.78, 5) is 22.6. The Bertz CT molecular complexity index is 1130. The van der Waals surface area contributed by atoms with Gasteiger partial charge in [-0.15, -0.1) is 0 Å². The van der Waals surface area contributed by atoms with Gasteiger partial charge in [0.1, 0.15) is 11.9 Å². The molecule has 3 rings (SSSR count). The van der Waals surface area contributed by atoms with Crippen LogP contribution in [0.1, 0.15) is 47.4 Å². The van der Waals surface area contributed by atoms with Crippen molar-refractivity contribution in [3.8, 4) is 16.9 Å². The first kappa shape index (κ1) is 24.8. The van der Waals surface area contributed by atoms with Crippen LogP contribution in [0.4, 0.5) is 13.2 Å². The Morgan fingerprint density at radius 3 is 2.26 bits per heavy atom. The van der Waals surface area contributed by atoms with Crippen LogP contribution < -0.4 is 10.1 Å². The number of benzene rings is 3. The summed E-state index contributed by atoms with van der Waals surface area (Å²) in [6.07, 6.45) is -4.91. The van der Waals surface area contributed by atoms with E-state index in [9.17, 15) is 22.8 Å². The molecule has 1 atom stereocenters. The highest BCUT2D eigenvalue weighted by Gasteiger charge is 2.34. The van der Waals surface area contributed by atoms with Gasteiger partial charge < -0.3 is 15.2 Å². The van der Waals surface area contributed by atoms with Crippen molar-refractivity contribution in [2.24, 2.45) is 0 Å². The number of carboxylic acids is 1. The number of amides is 1. The van der Waals surface area contributed by atoms with Gasteiger partial charge in [0.25, 0.3) is 5.91 Å². The zero-order valence-corrected chi connectivity index (χ0v) is 18.4. The number of hydrogen-bond donors (Lipinski definition) is 2. The summed E-state index contributed by atoms with van der Waals surface area (Å²) >= 11 is 0. The number of aliphatic carboxylic acids is 1. The Hall–Kier alpha value is -3.81. The first-order chi connectivity index (χ1) is 16.2. The molecule has 2 N–H and O–H groups in total. The molecule has 0 spiro atoms. The normalized spacial score (nSPS) is 12.1. The van der Waals surface area contributed by atoms with Gasteiger partial charge in [-0.1, -0.05) is 49.4 Å². The molecule has 1 unspecified atom stereocenters. The van der Waals surface area contributed by atoms with E-state index in [0.717, 1.165) is 6.07 Å². The molecule has 3 aromatic carbocycles. The van der Waals surface area contributed by atoms with Gasteiger partial charge in [-0.05, 0) is 53.4 Å². The summed E-state index contributed by atoms with van der Waals surface area (Å²) in [6, 6.07) is 18.8. The van der Waals surface area contributed by atoms with Crippen LogP contribution in [0.2, 0.25) is 0 Å². The first-order valence-corrected chi connectivity index (χ1v) is 10.7. The van der Waals surface area contributed by atoms with Gasteiger partial charge in [0.15, 0.2) is 0 Å². The third-order valence-electron chi connectivity index (χ3n) is 5.20. The van der Waals surface area contributed by atoms with Crippen molar-refractivity contribution in [1.82, 2.24) is 5.32 Å². The molecule has 0 radical (unpaired) electrons. The molecule has 0 bridgehead atoms. The quantitative estimate of drug-likeness (QED) is 0.395. The van der Waals surface area contributed by atoms with Crippen molar-refractivity contribution in [2.75, 3.05) is 6.54 Å². The minimum atomic E-state index is -4.53. The summed E-state index contributed by atoms with van der Waals surface area (Å²) in [5, 5.41) is 11.1. The molecular formula is C26H24F3NO4. The molecule has 0 saturated carbocycles. The monoisotopic (exact) mass is 471 g/mol. The third-order valence-corrected chi connectivity index (χ3v) is 5.20. The van der Waals surface area contributed by atoms with Crippen LogP contribution in [0.3, 0.4) is 0 Å². The molecule has 5 nitrogen and oxygen atoms in total. The summed E-state index contributed by atoms with van der Waals surface area (Å²) in [5.74, 6) is -1.04. The first-order valence-electron chi connectivity index (χ1n) is 10.7. The maximum atomic E-state index is 13.8. The van der Waals surface area contributed by atoms with E-state index in [1.165, 1.54) is 18.2 Å². The number of ether oxygens (including phenoxy) is 1. The lowest BCUT2D eigenvalue weighted by atomic mass is 9.95. The maximum absolute atomic E-state index is 13.8. The van der Waals surface area contributed by atoms with E-state index in [4.69, 9.17) is 9.84 Å². The van der Waals surface area contributed by atoms with E-state index in [1.807, 2.05) is 6.92 Å². The highest BCUT2D eigenvalue weighted by molar-refractivity contribution is 5.94. The second-order valence-corrected chi connectivity index (χ2v) is 7.61. The lowest BCUT2D eigenvalue weighted by molar-refractivity contribution is -0.137. The van der Waals surface area contributed by atoms with E-state index < -0.39 is 29.7 Å². The second-order valence-electron chi connectivity index (χ2n) is 7.61. The van der Waals surface area contributed by atoms with E-state index in [-0.39, 0.29) is 18.5 Å². The van der Waals surface area contributed by atoms with Crippen molar-refractivity contribution in [3.63, 3.8) is 0 Å². The molecule has 1 amide bonds. The van der Waals surface area contributed by atoms with Crippen molar-refractivity contribution in [3.05, 3.63) is 89.5 Å². The zero-order chi connectivity index (χ0) is 24.7. The minimum absolute atomic E-state index is 0.00480. The number of carbonyl (C=O) groups is 2. The summed E-state index contributed by atoms with van der Waals surface area (Å²) in [6.45, 7) is 1.82. The smallest absolute Gasteiger partial charge is 0.417 e. The van der Waals surface area contributed by atoms with Gasteiger partial charge in [0.05, 0.1) is 12.0 Å². The van der Waals surface area contributed by atoms with E-state index in [2.05, 4.69) is 5.32 Å². The van der Waals surface area contributed by atoms with Crippen LogP contribution in [0.15, 0.2) is 72.8 Å². The van der Waals surface area contributed by atoms with Gasteiger partial charge in [0, 0.05) is 12.1 Å². The number of carboxylic acid groups (broad SMARTS) is 1. The fraction of sp³-hybridized carbons (Fsp3) is 0.231. The van der Waals surface area contributed by atoms with Crippen molar-refractivity contribution >= 4 is 11.9 Å². The number of halogens is 3. The highest BCUT2D eigenvalue weighted by Crippen LogP contribution is 2.39. The van der Waals surface area contributed by atoms with Crippen molar-refractivity contribution in [2.45, 2.75) is 32.0 Å². The van der Waals surface area contributed by atoms with Crippen molar-refractivity contribution in [1.29, 1.82) is 0 Å². The standard InChI is InChI=1S/C26H24F3NO4/c1-2-23(34-20-11-8-18(9-12-20)25(33)30-15-14-24(31)32)19-10-13-21(17-6-4-3-5-7-17)22(16-19)26(27,28)29/h3-13,16,23H,2,14-15H2,1H3,(H,30,33)(H,31,32). The molecule has 3 aromatic rings. The van der Waals surface area contributed by atoms with Crippen LogP contribution in [0.5, 0.6) is 5.75 Å². The summed E-state index contributed by atoms with van der Waals surface area (Å²) in [7, 11) is 0. The van der Waals surface area contributed by atoms with Gasteiger partial charge in [-0.3, -0.25) is 9.59 Å². The minimum Gasteiger partial charge on any atom is -0.486 e. The lowest BCUT2D eigenvalue weighted by Crippen LogP contribution is -2.25. The zero-order valence-electron chi connectivity index (χ0n) is 18.4. The number of hydrogen-bond acceptors (Lipinski definition) is 3. The molecule has 0 aliphatic rings. The average Bonchev–Trinajstić information content (AvgIpc) is 2.82. The predicted octanol–water partition coefficient (Wildman–Crippen LogP) is 6.11. The van der Waals surface area contributed by atoms with Crippen LogP contribution in [0, 0.1) is 0 Å². The molecule has 0 saturated heterocycles. The van der Waals surface area contributed by atoms with Crippen LogP contribution in [0.25, 0.3) is 11.1 Å². The molecule has 0 aromatic heterocycles. The predicted molar refractivity (Wildman–Crippen MR) is 122 cm³/mol.